The van der Waals surface area contributed by atoms with E-state index in [9.17, 15) is 9.90 Å². The van der Waals surface area contributed by atoms with Gasteiger partial charge in [0.2, 0.25) is 0 Å². The molecule has 9 heteroatoms. The van der Waals surface area contributed by atoms with Gasteiger partial charge in [0.1, 0.15) is 17.5 Å². The highest BCUT2D eigenvalue weighted by Crippen LogP contribution is 2.41. The number of piperazine rings is 1. The van der Waals surface area contributed by atoms with Crippen LogP contribution in [0.15, 0.2) is 77.7 Å². The first-order valence-electron chi connectivity index (χ1n) is 15.1. The molecule has 2 aromatic heterocycles. The molecule has 0 atom stereocenters. The van der Waals surface area contributed by atoms with Gasteiger partial charge in [0.15, 0.2) is 0 Å². The SMILES string of the molecule is CN1CCN(c2ccc(Cc3nc(N)cc(-c4cccc(-n5ccc6cc(C7CC7)cc(F)c6c5=O)c4CO)n3)cc2)CC1. The molecule has 3 aromatic carbocycles. The van der Waals surface area contributed by atoms with Crippen molar-refractivity contribution in [2.45, 2.75) is 31.8 Å². The fraction of sp³-hybridized carbons (Fsp3) is 0.286. The zero-order chi connectivity index (χ0) is 30.4. The van der Waals surface area contributed by atoms with E-state index in [0.29, 0.717) is 51.9 Å². The number of hydrogen-bond acceptors (Lipinski definition) is 7. The van der Waals surface area contributed by atoms with Crippen molar-refractivity contribution >= 4 is 22.3 Å². The first-order chi connectivity index (χ1) is 21.4. The van der Waals surface area contributed by atoms with Crippen LogP contribution in [0.5, 0.6) is 0 Å². The van der Waals surface area contributed by atoms with Gasteiger partial charge in [0.05, 0.1) is 23.4 Å². The van der Waals surface area contributed by atoms with E-state index < -0.39 is 11.4 Å². The van der Waals surface area contributed by atoms with E-state index in [1.807, 2.05) is 12.1 Å². The highest BCUT2D eigenvalue weighted by molar-refractivity contribution is 5.83. The number of anilines is 2. The van der Waals surface area contributed by atoms with Gasteiger partial charge in [-0.05, 0) is 72.7 Å². The molecule has 1 saturated carbocycles. The quantitative estimate of drug-likeness (QED) is 0.279. The second kappa shape index (κ2) is 11.5. The number of nitrogens with zero attached hydrogens (tertiary/aromatic N) is 5. The summed E-state index contributed by atoms with van der Waals surface area (Å²) in [6.45, 7) is 3.75. The summed E-state index contributed by atoms with van der Waals surface area (Å²) in [4.78, 5) is 27.6. The molecule has 44 heavy (non-hydrogen) atoms. The summed E-state index contributed by atoms with van der Waals surface area (Å²) in [5.41, 5.74) is 11.1. The Morgan fingerprint density at radius 3 is 2.48 bits per heavy atom. The molecule has 1 aliphatic heterocycles. The first-order valence-corrected chi connectivity index (χ1v) is 15.1. The highest BCUT2D eigenvalue weighted by Gasteiger charge is 2.25. The van der Waals surface area contributed by atoms with E-state index in [4.69, 9.17) is 10.7 Å². The second-order valence-electron chi connectivity index (χ2n) is 11.9. The Morgan fingerprint density at radius 1 is 0.977 bits per heavy atom. The van der Waals surface area contributed by atoms with E-state index in [1.165, 1.54) is 16.3 Å². The van der Waals surface area contributed by atoms with Crippen molar-refractivity contribution in [3.05, 3.63) is 112 Å². The largest absolute Gasteiger partial charge is 0.392 e. The number of likely N-dealkylation sites (N-methyl/N-ethyl adjacent to an activating group) is 1. The van der Waals surface area contributed by atoms with Crippen LogP contribution in [-0.4, -0.2) is 57.8 Å². The minimum atomic E-state index is -0.518. The highest BCUT2D eigenvalue weighted by atomic mass is 19.1. The van der Waals surface area contributed by atoms with E-state index in [1.54, 1.807) is 30.5 Å². The first kappa shape index (κ1) is 28.2. The van der Waals surface area contributed by atoms with E-state index in [0.717, 1.165) is 50.1 Å². The molecular formula is C35H35FN6O2. The van der Waals surface area contributed by atoms with Gasteiger partial charge >= 0.3 is 0 Å². The van der Waals surface area contributed by atoms with Crippen molar-refractivity contribution in [3.63, 3.8) is 0 Å². The molecule has 2 fully saturated rings. The summed E-state index contributed by atoms with van der Waals surface area (Å²) in [7, 11) is 2.15. The standard InChI is InChI=1S/C35H35FN6O2/c1-40-13-15-41(16-14-40)26-9-5-22(6-10-26)17-33-38-30(20-32(37)39-33)27-3-2-4-31(28(27)21-43)42-12-11-24-18-25(23-7-8-23)19-29(36)34(24)35(42)44/h2-6,9-12,18-20,23,43H,7-8,13-17,21H2,1H3,(H2,37,38,39). The summed E-state index contributed by atoms with van der Waals surface area (Å²) < 4.78 is 16.6. The van der Waals surface area contributed by atoms with Gasteiger partial charge in [-0.25, -0.2) is 14.4 Å². The van der Waals surface area contributed by atoms with Crippen LogP contribution in [0.25, 0.3) is 27.7 Å². The number of aromatic nitrogens is 3. The minimum Gasteiger partial charge on any atom is -0.392 e. The number of pyridine rings is 1. The summed E-state index contributed by atoms with van der Waals surface area (Å²) in [5.74, 6) is 0.721. The van der Waals surface area contributed by atoms with E-state index >= 15 is 4.39 Å². The topological polar surface area (TPSA) is 101 Å². The minimum absolute atomic E-state index is 0.0402. The molecule has 3 heterocycles. The van der Waals surface area contributed by atoms with Gasteiger partial charge in [-0.2, -0.15) is 0 Å². The molecule has 1 aliphatic carbocycles. The average Bonchev–Trinajstić information content (AvgIpc) is 3.87. The van der Waals surface area contributed by atoms with Gasteiger partial charge in [0.25, 0.3) is 5.56 Å². The molecule has 0 unspecified atom stereocenters. The fourth-order valence-corrected chi connectivity index (χ4v) is 6.20. The van der Waals surface area contributed by atoms with Crippen LogP contribution in [0, 0.1) is 5.82 Å². The lowest BCUT2D eigenvalue weighted by molar-refractivity contribution is 0.282. The zero-order valence-electron chi connectivity index (χ0n) is 24.7. The molecular weight excluding hydrogens is 555 g/mol. The Bertz CT molecular complexity index is 1910. The molecule has 0 radical (unpaired) electrons. The summed E-state index contributed by atoms with van der Waals surface area (Å²) >= 11 is 0. The number of hydrogen-bond donors (Lipinski definition) is 2. The number of nitrogen functional groups attached to an aromatic ring is 1. The number of rotatable bonds is 7. The normalized spacial score (nSPS) is 15.7. The molecule has 1 saturated heterocycles. The van der Waals surface area contributed by atoms with Crippen molar-refractivity contribution in [2.75, 3.05) is 43.9 Å². The molecule has 3 N–H and O–H groups in total. The van der Waals surface area contributed by atoms with Gasteiger partial charge in [-0.3, -0.25) is 9.36 Å². The third kappa shape index (κ3) is 5.44. The van der Waals surface area contributed by atoms with Gasteiger partial charge in [0, 0.05) is 61.7 Å². The Labute approximate surface area is 255 Å². The van der Waals surface area contributed by atoms with Crippen molar-refractivity contribution < 1.29 is 9.50 Å². The van der Waals surface area contributed by atoms with Gasteiger partial charge < -0.3 is 20.6 Å². The van der Waals surface area contributed by atoms with Crippen LogP contribution >= 0.6 is 0 Å². The van der Waals surface area contributed by atoms with Gasteiger partial charge in [-0.1, -0.05) is 30.3 Å². The van der Waals surface area contributed by atoms with Crippen LogP contribution in [-0.2, 0) is 13.0 Å². The maximum absolute atomic E-state index is 15.2. The molecule has 7 rings (SSSR count). The lowest BCUT2D eigenvalue weighted by atomic mass is 10.0. The van der Waals surface area contributed by atoms with E-state index in [2.05, 4.69) is 46.1 Å². The number of benzene rings is 3. The van der Waals surface area contributed by atoms with Gasteiger partial charge in [-0.15, -0.1) is 0 Å². The van der Waals surface area contributed by atoms with Crippen molar-refractivity contribution in [2.24, 2.45) is 0 Å². The van der Waals surface area contributed by atoms with Crippen LogP contribution in [0.3, 0.4) is 0 Å². The Hall–Kier alpha value is -4.60. The molecule has 0 amide bonds. The zero-order valence-corrected chi connectivity index (χ0v) is 24.7. The Kier molecular flexibility index (Phi) is 7.35. The molecule has 224 valence electrons. The smallest absolute Gasteiger partial charge is 0.265 e. The molecule has 0 bridgehead atoms. The van der Waals surface area contributed by atoms with Crippen molar-refractivity contribution in [1.82, 2.24) is 19.4 Å². The third-order valence-electron chi connectivity index (χ3n) is 8.83. The second-order valence-corrected chi connectivity index (χ2v) is 11.9. The predicted octanol–water partition coefficient (Wildman–Crippen LogP) is 4.88. The third-order valence-corrected chi connectivity index (χ3v) is 8.83. The van der Waals surface area contributed by atoms with Crippen molar-refractivity contribution in [1.29, 1.82) is 0 Å². The number of halogens is 1. The number of fused-ring (bicyclic) bond motifs is 1. The summed E-state index contributed by atoms with van der Waals surface area (Å²) in [5, 5.41) is 11.2. The summed E-state index contributed by atoms with van der Waals surface area (Å²) in [6, 6.07) is 20.7. The number of aliphatic hydroxyl groups is 1. The lowest BCUT2D eigenvalue weighted by Gasteiger charge is -2.34. The predicted molar refractivity (Wildman–Crippen MR) is 172 cm³/mol. The Morgan fingerprint density at radius 2 is 1.75 bits per heavy atom. The van der Waals surface area contributed by atoms with Crippen LogP contribution in [0.1, 0.15) is 41.3 Å². The van der Waals surface area contributed by atoms with Crippen LogP contribution in [0.4, 0.5) is 15.9 Å². The van der Waals surface area contributed by atoms with Crippen LogP contribution in [0.2, 0.25) is 0 Å². The molecule has 2 aliphatic rings. The molecule has 0 spiro atoms. The molecule has 5 aromatic rings. The lowest BCUT2D eigenvalue weighted by Crippen LogP contribution is -2.44. The number of nitrogens with two attached hydrogens (primary N) is 1. The fourth-order valence-electron chi connectivity index (χ4n) is 6.20. The molecule has 8 nitrogen and oxygen atoms in total. The maximum Gasteiger partial charge on any atom is 0.265 e. The maximum atomic E-state index is 15.2. The summed E-state index contributed by atoms with van der Waals surface area (Å²) in [6.07, 6.45) is 4.23. The van der Waals surface area contributed by atoms with Crippen LogP contribution < -0.4 is 16.2 Å². The monoisotopic (exact) mass is 590 g/mol. The Balaban J connectivity index is 1.21. The van der Waals surface area contributed by atoms with Crippen molar-refractivity contribution in [3.8, 4) is 16.9 Å². The van der Waals surface area contributed by atoms with E-state index in [-0.39, 0.29) is 12.0 Å². The number of aliphatic hydroxyl groups excluding tert-OH is 1. The average molecular weight is 591 g/mol.